The molecule has 2 fully saturated rings. The summed E-state index contributed by atoms with van der Waals surface area (Å²) in [6, 6.07) is 7.07. The third kappa shape index (κ3) is 1.60. The van der Waals surface area contributed by atoms with E-state index in [1.165, 1.54) is 11.3 Å². The highest BCUT2D eigenvalue weighted by Crippen LogP contribution is 2.63. The Kier molecular flexibility index (Phi) is 3.01. The van der Waals surface area contributed by atoms with Gasteiger partial charge in [-0.05, 0) is 31.0 Å². The zero-order valence-corrected chi connectivity index (χ0v) is 15.3. The zero-order chi connectivity index (χ0) is 17.4. The summed E-state index contributed by atoms with van der Waals surface area (Å²) in [5.74, 6) is 1.32. The minimum Gasteiger partial charge on any atom is -0.497 e. The molecule has 5 rings (SSSR count). The SMILES string of the molecule is CC[C@]12C=CCN3CC[C@@]4(c5ccc(OC)cc5N(C)[C@H]4CC1=O)[C@@H]32. The van der Waals surface area contributed by atoms with E-state index in [1.54, 1.807) is 7.11 Å². The largest absolute Gasteiger partial charge is 0.497 e. The van der Waals surface area contributed by atoms with Crippen LogP contribution in [0.5, 0.6) is 5.75 Å². The molecule has 1 aromatic carbocycles. The molecule has 132 valence electrons. The molecule has 4 nitrogen and oxygen atoms in total. The van der Waals surface area contributed by atoms with Crippen LogP contribution in [0.4, 0.5) is 5.69 Å². The minimum atomic E-state index is -0.312. The maximum Gasteiger partial charge on any atom is 0.146 e. The summed E-state index contributed by atoms with van der Waals surface area (Å²) in [5, 5.41) is 0. The van der Waals surface area contributed by atoms with Gasteiger partial charge < -0.3 is 9.64 Å². The minimum absolute atomic E-state index is 0.0606. The average molecular weight is 338 g/mol. The van der Waals surface area contributed by atoms with Crippen LogP contribution < -0.4 is 9.64 Å². The van der Waals surface area contributed by atoms with Gasteiger partial charge in [-0.2, -0.15) is 0 Å². The summed E-state index contributed by atoms with van der Waals surface area (Å²) in [4.78, 5) is 18.3. The summed E-state index contributed by atoms with van der Waals surface area (Å²) in [6.45, 7) is 4.24. The van der Waals surface area contributed by atoms with Crippen molar-refractivity contribution < 1.29 is 9.53 Å². The van der Waals surface area contributed by atoms with Gasteiger partial charge in [-0.1, -0.05) is 25.1 Å². The lowest BCUT2D eigenvalue weighted by atomic mass is 9.53. The second-order valence-corrected chi connectivity index (χ2v) is 8.12. The van der Waals surface area contributed by atoms with Crippen LogP contribution in [0.15, 0.2) is 30.4 Å². The quantitative estimate of drug-likeness (QED) is 0.777. The number of benzene rings is 1. The first kappa shape index (κ1) is 15.4. The molecule has 4 aliphatic rings. The number of ether oxygens (including phenoxy) is 1. The highest BCUT2D eigenvalue weighted by atomic mass is 16.5. The van der Waals surface area contributed by atoms with Crippen molar-refractivity contribution in [3.05, 3.63) is 35.9 Å². The lowest BCUT2D eigenvalue weighted by Gasteiger charge is -2.55. The van der Waals surface area contributed by atoms with Gasteiger partial charge in [0.1, 0.15) is 11.5 Å². The number of anilines is 1. The van der Waals surface area contributed by atoms with E-state index in [0.717, 1.165) is 31.7 Å². The highest BCUT2D eigenvalue weighted by Gasteiger charge is 2.69. The Bertz CT molecular complexity index is 788. The van der Waals surface area contributed by atoms with Gasteiger partial charge in [-0.15, -0.1) is 0 Å². The number of methoxy groups -OCH3 is 1. The molecule has 1 saturated heterocycles. The Morgan fingerprint density at radius 2 is 2.20 bits per heavy atom. The first-order chi connectivity index (χ1) is 12.1. The molecule has 1 aliphatic carbocycles. The number of likely N-dealkylation sites (N-methyl/N-ethyl adjacent to an activating group) is 1. The summed E-state index contributed by atoms with van der Waals surface area (Å²) in [7, 11) is 3.88. The monoisotopic (exact) mass is 338 g/mol. The number of carbonyl (C=O) groups excluding carboxylic acids is 1. The fourth-order valence-corrected chi connectivity index (χ4v) is 6.48. The number of Topliss-reactive ketones (excluding diaryl/α,β-unsaturated/α-hetero) is 1. The summed E-state index contributed by atoms with van der Waals surface area (Å²) < 4.78 is 5.47. The van der Waals surface area contributed by atoms with Crippen LogP contribution in [-0.2, 0) is 10.2 Å². The molecule has 0 amide bonds. The van der Waals surface area contributed by atoms with E-state index in [2.05, 4.69) is 54.1 Å². The number of hydrogen-bond acceptors (Lipinski definition) is 4. The molecule has 0 N–H and O–H groups in total. The van der Waals surface area contributed by atoms with Crippen LogP contribution in [0.3, 0.4) is 0 Å². The van der Waals surface area contributed by atoms with E-state index in [4.69, 9.17) is 4.74 Å². The third-order valence-corrected chi connectivity index (χ3v) is 7.54. The van der Waals surface area contributed by atoms with Crippen molar-refractivity contribution in [2.24, 2.45) is 5.41 Å². The van der Waals surface area contributed by atoms with Gasteiger partial charge in [0.25, 0.3) is 0 Å². The molecule has 4 atom stereocenters. The van der Waals surface area contributed by atoms with Crippen LogP contribution in [0.25, 0.3) is 0 Å². The van der Waals surface area contributed by atoms with Crippen molar-refractivity contribution in [1.82, 2.24) is 4.90 Å². The van der Waals surface area contributed by atoms with Gasteiger partial charge in [-0.3, -0.25) is 9.69 Å². The Hall–Kier alpha value is -1.81. The van der Waals surface area contributed by atoms with Gasteiger partial charge in [0.05, 0.1) is 12.5 Å². The Morgan fingerprint density at radius 3 is 2.96 bits per heavy atom. The fraction of sp³-hybridized carbons (Fsp3) is 0.571. The van der Waals surface area contributed by atoms with E-state index >= 15 is 0 Å². The molecule has 0 bridgehead atoms. The van der Waals surface area contributed by atoms with Gasteiger partial charge >= 0.3 is 0 Å². The molecule has 1 spiro atoms. The van der Waals surface area contributed by atoms with Gasteiger partial charge in [0.15, 0.2) is 0 Å². The molecule has 3 aliphatic heterocycles. The Labute approximate surface area is 149 Å². The molecule has 1 aromatic rings. The first-order valence-corrected chi connectivity index (χ1v) is 9.45. The second kappa shape index (κ2) is 4.88. The lowest BCUT2D eigenvalue weighted by molar-refractivity contribution is -0.136. The molecular weight excluding hydrogens is 312 g/mol. The van der Waals surface area contributed by atoms with Gasteiger partial charge in [0.2, 0.25) is 0 Å². The van der Waals surface area contributed by atoms with Crippen LogP contribution in [0.2, 0.25) is 0 Å². The molecule has 4 heteroatoms. The topological polar surface area (TPSA) is 32.8 Å². The van der Waals surface area contributed by atoms with E-state index in [9.17, 15) is 4.79 Å². The summed E-state index contributed by atoms with van der Waals surface area (Å²) >= 11 is 0. The van der Waals surface area contributed by atoms with E-state index in [0.29, 0.717) is 18.2 Å². The first-order valence-electron chi connectivity index (χ1n) is 9.45. The predicted octanol–water partition coefficient (Wildman–Crippen LogP) is 2.76. The molecule has 1 saturated carbocycles. The number of rotatable bonds is 2. The Balaban J connectivity index is 1.76. The number of hydrogen-bond donors (Lipinski definition) is 0. The molecule has 0 aromatic heterocycles. The van der Waals surface area contributed by atoms with Crippen molar-refractivity contribution in [3.8, 4) is 5.75 Å². The van der Waals surface area contributed by atoms with Crippen molar-refractivity contribution in [2.45, 2.75) is 43.7 Å². The second-order valence-electron chi connectivity index (χ2n) is 8.12. The Morgan fingerprint density at radius 1 is 1.36 bits per heavy atom. The summed E-state index contributed by atoms with van der Waals surface area (Å²) in [6.07, 6.45) is 7.16. The molecule has 0 radical (unpaired) electrons. The van der Waals surface area contributed by atoms with Gasteiger partial charge in [-0.25, -0.2) is 0 Å². The molecule has 25 heavy (non-hydrogen) atoms. The lowest BCUT2D eigenvalue weighted by Crippen LogP contribution is -2.66. The van der Waals surface area contributed by atoms with E-state index < -0.39 is 0 Å². The van der Waals surface area contributed by atoms with E-state index in [1.807, 2.05) is 0 Å². The van der Waals surface area contributed by atoms with Crippen LogP contribution in [-0.4, -0.2) is 50.0 Å². The van der Waals surface area contributed by atoms with Gasteiger partial charge in [0, 0.05) is 49.3 Å². The highest BCUT2D eigenvalue weighted by molar-refractivity contribution is 5.92. The summed E-state index contributed by atoms with van der Waals surface area (Å²) in [5.41, 5.74) is 2.42. The number of carbonyl (C=O) groups is 1. The van der Waals surface area contributed by atoms with Crippen LogP contribution in [0.1, 0.15) is 31.7 Å². The maximum absolute atomic E-state index is 13.3. The van der Waals surface area contributed by atoms with Crippen molar-refractivity contribution in [3.63, 3.8) is 0 Å². The maximum atomic E-state index is 13.3. The number of nitrogens with zero attached hydrogens (tertiary/aromatic N) is 2. The molecule has 3 heterocycles. The van der Waals surface area contributed by atoms with Crippen LogP contribution in [0, 0.1) is 5.41 Å². The van der Waals surface area contributed by atoms with Crippen molar-refractivity contribution in [2.75, 3.05) is 32.1 Å². The third-order valence-electron chi connectivity index (χ3n) is 7.54. The predicted molar refractivity (Wildman–Crippen MR) is 98.3 cm³/mol. The molecular formula is C21H26N2O2. The van der Waals surface area contributed by atoms with Crippen molar-refractivity contribution in [1.29, 1.82) is 0 Å². The molecule has 0 unspecified atom stereocenters. The number of ketones is 1. The van der Waals surface area contributed by atoms with Crippen LogP contribution >= 0.6 is 0 Å². The standard InChI is InChI=1S/C21H26N2O2/c1-4-20-8-5-10-23-11-9-21(19(20)23)15-7-6-14(25-3)12-16(15)22(2)17(21)13-18(20)24/h5-8,12,17,19H,4,9-11,13H2,1-3H3/t17-,19-,20-,21-/m0/s1. The number of fused-ring (bicyclic) bond motifs is 1. The normalized spacial score (nSPS) is 38.5. The average Bonchev–Trinajstić information content (AvgIpc) is 3.15. The fourth-order valence-electron chi connectivity index (χ4n) is 6.48. The smallest absolute Gasteiger partial charge is 0.146 e. The van der Waals surface area contributed by atoms with Crippen molar-refractivity contribution >= 4 is 11.5 Å². The zero-order valence-electron chi connectivity index (χ0n) is 15.3. The van der Waals surface area contributed by atoms with E-state index in [-0.39, 0.29) is 16.9 Å².